The van der Waals surface area contributed by atoms with Crippen LogP contribution in [0.5, 0.6) is 11.5 Å². The number of nitrogens with one attached hydrogen (secondary N) is 1. The van der Waals surface area contributed by atoms with E-state index < -0.39 is 22.5 Å². The number of aryl methyl sites for hydroxylation is 1. The number of rotatable bonds is 11. The van der Waals surface area contributed by atoms with Gasteiger partial charge in [0.15, 0.2) is 0 Å². The van der Waals surface area contributed by atoms with Crippen molar-refractivity contribution in [2.24, 2.45) is 11.0 Å². The highest BCUT2D eigenvalue weighted by Gasteiger charge is 2.29. The van der Waals surface area contributed by atoms with Gasteiger partial charge in [-0.3, -0.25) is 9.10 Å². The lowest BCUT2D eigenvalue weighted by Gasteiger charge is -2.25. The zero-order chi connectivity index (χ0) is 27.0. The van der Waals surface area contributed by atoms with Crippen molar-refractivity contribution >= 4 is 39.4 Å². The smallest absolute Gasteiger partial charge is 0.264 e. The third-order valence-corrected chi connectivity index (χ3v) is 7.18. The number of methoxy groups -OCH3 is 1. The van der Waals surface area contributed by atoms with Gasteiger partial charge in [0, 0.05) is 5.02 Å². The Morgan fingerprint density at radius 1 is 1.08 bits per heavy atom. The largest absolute Gasteiger partial charge is 0.495 e. The number of halogens is 1. The molecule has 37 heavy (non-hydrogen) atoms. The van der Waals surface area contributed by atoms with Gasteiger partial charge >= 0.3 is 0 Å². The number of ether oxygens (including phenoxy) is 2. The second-order valence-electron chi connectivity index (χ2n) is 8.71. The fraction of sp³-hybridized carbons (Fsp3) is 0.259. The van der Waals surface area contributed by atoms with Gasteiger partial charge in [0.2, 0.25) is 0 Å². The number of nitrogens with zero attached hydrogens (tertiary/aromatic N) is 2. The van der Waals surface area contributed by atoms with Crippen molar-refractivity contribution in [1.29, 1.82) is 0 Å². The summed E-state index contributed by atoms with van der Waals surface area (Å²) in [6.45, 7) is 6.06. The summed E-state index contributed by atoms with van der Waals surface area (Å²) in [4.78, 5) is 12.8. The van der Waals surface area contributed by atoms with E-state index in [9.17, 15) is 13.2 Å². The molecule has 0 atom stereocenters. The van der Waals surface area contributed by atoms with Crippen LogP contribution >= 0.6 is 11.6 Å². The van der Waals surface area contributed by atoms with E-state index in [1.807, 2.05) is 19.1 Å². The Hall–Kier alpha value is -3.56. The van der Waals surface area contributed by atoms with E-state index in [0.717, 1.165) is 21.2 Å². The van der Waals surface area contributed by atoms with Gasteiger partial charge in [-0.15, -0.1) is 0 Å². The van der Waals surface area contributed by atoms with Gasteiger partial charge in [0.25, 0.3) is 15.9 Å². The number of anilines is 1. The molecule has 3 rings (SSSR count). The molecule has 10 heteroatoms. The third-order valence-electron chi connectivity index (χ3n) is 5.17. The number of hydrogen-bond donors (Lipinski definition) is 1. The van der Waals surface area contributed by atoms with Crippen molar-refractivity contribution < 1.29 is 22.7 Å². The quantitative estimate of drug-likeness (QED) is 0.270. The number of amides is 1. The van der Waals surface area contributed by atoms with Crippen LogP contribution < -0.4 is 19.2 Å². The van der Waals surface area contributed by atoms with Crippen LogP contribution in [0.2, 0.25) is 5.02 Å². The number of hydrogen-bond acceptors (Lipinski definition) is 6. The minimum Gasteiger partial charge on any atom is -0.495 e. The van der Waals surface area contributed by atoms with E-state index >= 15 is 0 Å². The zero-order valence-corrected chi connectivity index (χ0v) is 22.7. The maximum atomic E-state index is 13.6. The molecule has 1 N–H and O–H groups in total. The van der Waals surface area contributed by atoms with E-state index in [0.29, 0.717) is 17.5 Å². The summed E-state index contributed by atoms with van der Waals surface area (Å²) in [6, 6.07) is 18.1. The standard InChI is InChI=1S/C27H30ClN3O5S/c1-19(2)18-36-23-10-7-21(8-11-23)16-29-30-27(32)17-31(25-15-22(28)9-14-26(25)35-4)37(33,34)24-12-5-20(3)6-13-24/h5-16,19H,17-18H2,1-4H3,(H,30,32)/b29-16-. The van der Waals surface area contributed by atoms with E-state index in [2.05, 4.69) is 24.4 Å². The maximum absolute atomic E-state index is 13.6. The Bertz CT molecular complexity index is 1340. The summed E-state index contributed by atoms with van der Waals surface area (Å²) in [5.74, 6) is 0.752. The second-order valence-corrected chi connectivity index (χ2v) is 11.0. The molecular weight excluding hydrogens is 514 g/mol. The molecule has 196 valence electrons. The monoisotopic (exact) mass is 543 g/mol. The summed E-state index contributed by atoms with van der Waals surface area (Å²) in [7, 11) is -2.73. The Morgan fingerprint density at radius 2 is 1.76 bits per heavy atom. The molecule has 0 saturated carbocycles. The van der Waals surface area contributed by atoms with Gasteiger partial charge in [-0.2, -0.15) is 5.10 Å². The number of hydrazone groups is 1. The fourth-order valence-electron chi connectivity index (χ4n) is 3.25. The molecule has 0 aliphatic rings. The number of carbonyl (C=O) groups excluding carboxylic acids is 1. The third kappa shape index (κ3) is 7.71. The molecule has 0 unspecified atom stereocenters. The molecule has 0 aromatic heterocycles. The molecule has 0 spiro atoms. The van der Waals surface area contributed by atoms with Gasteiger partial charge in [0.05, 0.1) is 30.5 Å². The molecule has 0 radical (unpaired) electrons. The summed E-state index contributed by atoms with van der Waals surface area (Å²) in [5.41, 5.74) is 4.16. The van der Waals surface area contributed by atoms with Gasteiger partial charge in [0.1, 0.15) is 18.0 Å². The number of carbonyl (C=O) groups is 1. The lowest BCUT2D eigenvalue weighted by Crippen LogP contribution is -2.39. The lowest BCUT2D eigenvalue weighted by atomic mass is 10.2. The zero-order valence-electron chi connectivity index (χ0n) is 21.1. The SMILES string of the molecule is COc1ccc(Cl)cc1N(CC(=O)N/N=C\c1ccc(OCC(C)C)cc1)S(=O)(=O)c1ccc(C)cc1. The minimum absolute atomic E-state index is 0.0243. The highest BCUT2D eigenvalue weighted by molar-refractivity contribution is 7.92. The van der Waals surface area contributed by atoms with Crippen LogP contribution in [0, 0.1) is 12.8 Å². The molecule has 3 aromatic carbocycles. The van der Waals surface area contributed by atoms with Crippen LogP contribution in [-0.4, -0.2) is 40.8 Å². The second kappa shape index (κ2) is 12.6. The molecule has 0 saturated heterocycles. The van der Waals surface area contributed by atoms with Crippen molar-refractivity contribution in [3.8, 4) is 11.5 Å². The number of sulfonamides is 1. The molecular formula is C27H30ClN3O5S. The minimum atomic E-state index is -4.14. The van der Waals surface area contributed by atoms with Crippen LogP contribution in [0.1, 0.15) is 25.0 Å². The first kappa shape index (κ1) is 28.0. The molecule has 0 bridgehead atoms. The van der Waals surface area contributed by atoms with Gasteiger partial charge < -0.3 is 9.47 Å². The van der Waals surface area contributed by atoms with Gasteiger partial charge in [-0.25, -0.2) is 13.8 Å². The van der Waals surface area contributed by atoms with Gasteiger partial charge in [-0.1, -0.05) is 43.1 Å². The first-order valence-electron chi connectivity index (χ1n) is 11.6. The average molecular weight is 544 g/mol. The highest BCUT2D eigenvalue weighted by Crippen LogP contribution is 2.34. The Kier molecular flexibility index (Phi) is 9.54. The van der Waals surface area contributed by atoms with E-state index in [4.69, 9.17) is 21.1 Å². The maximum Gasteiger partial charge on any atom is 0.264 e. The number of benzene rings is 3. The van der Waals surface area contributed by atoms with Crippen molar-refractivity contribution in [2.45, 2.75) is 25.7 Å². The van der Waals surface area contributed by atoms with Crippen molar-refractivity contribution in [2.75, 3.05) is 24.6 Å². The summed E-state index contributed by atoms with van der Waals surface area (Å²) in [5, 5.41) is 4.27. The molecule has 3 aromatic rings. The van der Waals surface area contributed by atoms with Gasteiger partial charge in [-0.05, 0) is 73.0 Å². The van der Waals surface area contributed by atoms with Crippen LogP contribution in [-0.2, 0) is 14.8 Å². The Balaban J connectivity index is 1.80. The normalized spacial score (nSPS) is 11.5. The highest BCUT2D eigenvalue weighted by atomic mass is 35.5. The van der Waals surface area contributed by atoms with E-state index in [-0.39, 0.29) is 16.3 Å². The lowest BCUT2D eigenvalue weighted by molar-refractivity contribution is -0.119. The summed E-state index contributed by atoms with van der Waals surface area (Å²) >= 11 is 6.16. The first-order chi connectivity index (χ1) is 17.6. The van der Waals surface area contributed by atoms with E-state index in [1.54, 1.807) is 36.4 Å². The van der Waals surface area contributed by atoms with Crippen LogP contribution in [0.25, 0.3) is 0 Å². The molecule has 0 fully saturated rings. The van der Waals surface area contributed by atoms with Crippen molar-refractivity contribution in [3.63, 3.8) is 0 Å². The predicted molar refractivity (Wildman–Crippen MR) is 146 cm³/mol. The van der Waals surface area contributed by atoms with Crippen molar-refractivity contribution in [1.82, 2.24) is 5.43 Å². The fourth-order valence-corrected chi connectivity index (χ4v) is 4.84. The Morgan fingerprint density at radius 3 is 2.38 bits per heavy atom. The summed E-state index contributed by atoms with van der Waals surface area (Å²) in [6.07, 6.45) is 1.46. The molecule has 0 aliphatic heterocycles. The van der Waals surface area contributed by atoms with Crippen LogP contribution in [0.3, 0.4) is 0 Å². The molecule has 0 aliphatic carbocycles. The molecule has 1 amide bonds. The van der Waals surface area contributed by atoms with Crippen molar-refractivity contribution in [3.05, 3.63) is 82.9 Å². The predicted octanol–water partition coefficient (Wildman–Crippen LogP) is 5.04. The average Bonchev–Trinajstić information content (AvgIpc) is 2.87. The molecule has 8 nitrogen and oxygen atoms in total. The summed E-state index contributed by atoms with van der Waals surface area (Å²) < 4.78 is 39.1. The first-order valence-corrected chi connectivity index (χ1v) is 13.4. The molecule has 0 heterocycles. The van der Waals surface area contributed by atoms with Crippen LogP contribution in [0.15, 0.2) is 76.7 Å². The van der Waals surface area contributed by atoms with Crippen LogP contribution in [0.4, 0.5) is 5.69 Å². The topological polar surface area (TPSA) is 97.3 Å². The Labute approximate surface area is 222 Å². The van der Waals surface area contributed by atoms with E-state index in [1.165, 1.54) is 31.5 Å².